The Kier molecular flexibility index (Phi) is 8.21. The number of hydrogen-bond acceptors (Lipinski definition) is 7. The summed E-state index contributed by atoms with van der Waals surface area (Å²) < 4.78 is 11.8. The molecule has 3 saturated heterocycles. The van der Waals surface area contributed by atoms with Crippen molar-refractivity contribution in [2.75, 3.05) is 49.3 Å². The van der Waals surface area contributed by atoms with Gasteiger partial charge in [0.1, 0.15) is 0 Å². The van der Waals surface area contributed by atoms with Crippen molar-refractivity contribution in [3.63, 3.8) is 0 Å². The lowest BCUT2D eigenvalue weighted by Crippen LogP contribution is -2.47. The van der Waals surface area contributed by atoms with Crippen molar-refractivity contribution >= 4 is 23.5 Å². The average Bonchev–Trinajstić information content (AvgIpc) is 3.36. The molecule has 1 aromatic heterocycles. The van der Waals surface area contributed by atoms with E-state index in [2.05, 4.69) is 19.8 Å². The van der Waals surface area contributed by atoms with Gasteiger partial charge in [-0.1, -0.05) is 32.1 Å². The summed E-state index contributed by atoms with van der Waals surface area (Å²) in [5.74, 6) is 3.19. The molecule has 8 heteroatoms. The number of fused-ring (bicyclic) bond motifs is 4. The third kappa shape index (κ3) is 6.09. The molecule has 1 saturated carbocycles. The summed E-state index contributed by atoms with van der Waals surface area (Å²) in [5.41, 5.74) is 0. The van der Waals surface area contributed by atoms with Gasteiger partial charge in [0.25, 0.3) is 0 Å². The zero-order valence-corrected chi connectivity index (χ0v) is 20.7. The monoisotopic (exact) mass is 477 g/mol. The maximum Gasteiger partial charge on any atom is 0.232 e. The Morgan fingerprint density at radius 3 is 2.24 bits per heavy atom. The average molecular weight is 478 g/mol. The van der Waals surface area contributed by atoms with Crippen LogP contribution in [0.25, 0.3) is 0 Å². The Labute approximate surface area is 203 Å². The molecule has 184 valence electrons. The van der Waals surface area contributed by atoms with E-state index in [1.165, 1.54) is 51.4 Å². The molecule has 4 atom stereocenters. The van der Waals surface area contributed by atoms with Gasteiger partial charge in [-0.3, -0.25) is 0 Å². The lowest BCUT2D eigenvalue weighted by Gasteiger charge is -2.35. The van der Waals surface area contributed by atoms with Crippen molar-refractivity contribution in [2.45, 2.75) is 89.1 Å². The Hall–Kier alpha value is -1.18. The second kappa shape index (κ2) is 11.5. The highest BCUT2D eigenvalue weighted by molar-refractivity contribution is 6.28. The molecule has 0 amide bonds. The molecule has 4 fully saturated rings. The van der Waals surface area contributed by atoms with E-state index in [1.807, 2.05) is 0 Å². The van der Waals surface area contributed by atoms with Gasteiger partial charge in [-0.25, -0.2) is 0 Å². The fourth-order valence-corrected chi connectivity index (χ4v) is 6.44. The minimum Gasteiger partial charge on any atom is -0.381 e. The van der Waals surface area contributed by atoms with Crippen LogP contribution in [0.15, 0.2) is 0 Å². The predicted octanol–water partition coefficient (Wildman–Crippen LogP) is 4.88. The fourth-order valence-electron chi connectivity index (χ4n) is 6.29. The summed E-state index contributed by atoms with van der Waals surface area (Å²) in [6, 6.07) is 0.712. The van der Waals surface area contributed by atoms with E-state index in [9.17, 15) is 0 Å². The number of ether oxygens (including phenoxy) is 2. The van der Waals surface area contributed by atoms with Crippen LogP contribution < -0.4 is 9.80 Å². The van der Waals surface area contributed by atoms with Gasteiger partial charge >= 0.3 is 0 Å². The van der Waals surface area contributed by atoms with Gasteiger partial charge in [-0.15, -0.1) is 0 Å². The normalized spacial score (nSPS) is 32.3. The molecule has 0 aromatic carbocycles. The van der Waals surface area contributed by atoms with Crippen LogP contribution in [-0.2, 0) is 9.47 Å². The van der Waals surface area contributed by atoms with E-state index in [0.29, 0.717) is 17.4 Å². The first-order valence-corrected chi connectivity index (χ1v) is 13.7. The minimum absolute atomic E-state index is 0.298. The number of nitrogens with zero attached hydrogens (tertiary/aromatic N) is 5. The zero-order chi connectivity index (χ0) is 22.5. The standard InChI is InChI=1S/C25H40ClN5O2/c26-23-27-24(29-25(28-23)31-21-10-11-22(31)18-33-17-21)30-12-4-2-1-3-7-19-8-9-20(15-19)16-32-14-6-5-13-30/h19-22H,1-18H2. The largest absolute Gasteiger partial charge is 0.381 e. The summed E-state index contributed by atoms with van der Waals surface area (Å²) in [6.07, 6.45) is 15.1. The van der Waals surface area contributed by atoms with E-state index in [-0.39, 0.29) is 0 Å². The van der Waals surface area contributed by atoms with Crippen LogP contribution in [0.1, 0.15) is 77.0 Å². The highest BCUT2D eigenvalue weighted by Crippen LogP contribution is 2.35. The lowest BCUT2D eigenvalue weighted by molar-refractivity contribution is 0.0897. The Morgan fingerprint density at radius 2 is 1.39 bits per heavy atom. The molecule has 4 bridgehead atoms. The van der Waals surface area contributed by atoms with Crippen LogP contribution in [0.4, 0.5) is 11.9 Å². The van der Waals surface area contributed by atoms with Gasteiger partial charge in [-0.05, 0) is 68.4 Å². The third-order valence-corrected chi connectivity index (χ3v) is 8.27. The number of halogens is 1. The third-order valence-electron chi connectivity index (χ3n) is 8.10. The first-order chi connectivity index (χ1) is 16.3. The van der Waals surface area contributed by atoms with Crippen molar-refractivity contribution in [2.24, 2.45) is 11.8 Å². The number of hydrogen-bond donors (Lipinski definition) is 0. The summed E-state index contributed by atoms with van der Waals surface area (Å²) >= 11 is 6.42. The fraction of sp³-hybridized carbons (Fsp3) is 0.880. The molecular weight excluding hydrogens is 438 g/mol. The summed E-state index contributed by atoms with van der Waals surface area (Å²) in [5, 5.41) is 0.298. The summed E-state index contributed by atoms with van der Waals surface area (Å²) in [6.45, 7) is 5.22. The van der Waals surface area contributed by atoms with Crippen LogP contribution in [0.2, 0.25) is 5.28 Å². The summed E-state index contributed by atoms with van der Waals surface area (Å²) in [4.78, 5) is 18.7. The van der Waals surface area contributed by atoms with Gasteiger partial charge in [0.05, 0.1) is 25.3 Å². The number of morpholine rings is 1. The number of aromatic nitrogens is 3. The van der Waals surface area contributed by atoms with E-state index in [4.69, 9.17) is 26.1 Å². The molecule has 3 aliphatic heterocycles. The SMILES string of the molecule is Clc1nc(N2CCCCCCC3CCC(COCCCC2)C3)nc(N2C3CCC2COC3)n1. The van der Waals surface area contributed by atoms with Crippen LogP contribution in [0, 0.1) is 11.8 Å². The maximum atomic E-state index is 6.42. The molecule has 0 N–H and O–H groups in total. The first kappa shape index (κ1) is 23.6. The van der Waals surface area contributed by atoms with Crippen molar-refractivity contribution in [1.29, 1.82) is 0 Å². The van der Waals surface area contributed by atoms with E-state index in [1.54, 1.807) is 0 Å². The van der Waals surface area contributed by atoms with Crippen LogP contribution >= 0.6 is 11.6 Å². The van der Waals surface area contributed by atoms with Crippen molar-refractivity contribution < 1.29 is 9.47 Å². The molecule has 0 spiro atoms. The molecule has 4 heterocycles. The van der Waals surface area contributed by atoms with E-state index < -0.39 is 0 Å². The molecule has 4 unspecified atom stereocenters. The second-order valence-corrected chi connectivity index (χ2v) is 10.9. The molecular formula is C25H40ClN5O2. The topological polar surface area (TPSA) is 63.6 Å². The minimum atomic E-state index is 0.298. The molecule has 5 rings (SSSR count). The van der Waals surface area contributed by atoms with Crippen LogP contribution in [-0.4, -0.2) is 66.6 Å². The quantitative estimate of drug-likeness (QED) is 0.601. The molecule has 1 aliphatic carbocycles. The first-order valence-electron chi connectivity index (χ1n) is 13.4. The number of rotatable bonds is 2. The number of anilines is 2. The summed E-state index contributed by atoms with van der Waals surface area (Å²) in [7, 11) is 0. The Morgan fingerprint density at radius 1 is 0.667 bits per heavy atom. The predicted molar refractivity (Wildman–Crippen MR) is 131 cm³/mol. The van der Waals surface area contributed by atoms with Gasteiger partial charge < -0.3 is 19.3 Å². The zero-order valence-electron chi connectivity index (χ0n) is 20.0. The molecule has 0 radical (unpaired) electrons. The van der Waals surface area contributed by atoms with Gasteiger partial charge in [0, 0.05) is 26.3 Å². The van der Waals surface area contributed by atoms with Gasteiger partial charge in [-0.2, -0.15) is 15.0 Å². The van der Waals surface area contributed by atoms with Crippen LogP contribution in [0.3, 0.4) is 0 Å². The molecule has 4 aliphatic rings. The van der Waals surface area contributed by atoms with E-state index in [0.717, 1.165) is 88.9 Å². The Bertz CT molecular complexity index is 730. The van der Waals surface area contributed by atoms with Gasteiger partial charge in [0.15, 0.2) is 0 Å². The Balaban J connectivity index is 1.25. The van der Waals surface area contributed by atoms with Crippen molar-refractivity contribution in [3.8, 4) is 0 Å². The van der Waals surface area contributed by atoms with Crippen LogP contribution in [0.5, 0.6) is 0 Å². The molecule has 33 heavy (non-hydrogen) atoms. The van der Waals surface area contributed by atoms with Crippen molar-refractivity contribution in [1.82, 2.24) is 15.0 Å². The van der Waals surface area contributed by atoms with Gasteiger partial charge in [0.2, 0.25) is 17.2 Å². The van der Waals surface area contributed by atoms with Crippen molar-refractivity contribution in [3.05, 3.63) is 5.28 Å². The lowest BCUT2D eigenvalue weighted by atomic mass is 9.98. The second-order valence-electron chi connectivity index (χ2n) is 10.6. The molecule has 7 nitrogen and oxygen atoms in total. The smallest absolute Gasteiger partial charge is 0.232 e. The highest BCUT2D eigenvalue weighted by atomic mass is 35.5. The highest BCUT2D eigenvalue weighted by Gasteiger charge is 2.39. The van der Waals surface area contributed by atoms with E-state index >= 15 is 0 Å². The molecule has 1 aromatic rings. The maximum absolute atomic E-state index is 6.42.